The number of imidazole rings is 1. The van der Waals surface area contributed by atoms with Crippen molar-refractivity contribution in [3.63, 3.8) is 0 Å². The van der Waals surface area contributed by atoms with Crippen LogP contribution in [0.4, 0.5) is 0 Å². The lowest BCUT2D eigenvalue weighted by Gasteiger charge is -2.16. The van der Waals surface area contributed by atoms with E-state index in [1.54, 1.807) is 18.3 Å². The largest absolute Gasteiger partial charge is 0.351 e. The fraction of sp³-hybridized carbons (Fsp3) is 0.118. The molecule has 1 atom stereocenters. The van der Waals surface area contributed by atoms with E-state index in [1.807, 2.05) is 30.3 Å². The fourth-order valence-corrected chi connectivity index (χ4v) is 2.49. The van der Waals surface area contributed by atoms with Crippen molar-refractivity contribution in [3.8, 4) is 0 Å². The highest BCUT2D eigenvalue weighted by Crippen LogP contribution is 2.15. The third-order valence-corrected chi connectivity index (χ3v) is 3.74. The average Bonchev–Trinajstić information content (AvgIpc) is 3.13. The van der Waals surface area contributed by atoms with Gasteiger partial charge >= 0.3 is 0 Å². The molecule has 0 aliphatic carbocycles. The Bertz CT molecular complexity index is 860. The van der Waals surface area contributed by atoms with Crippen LogP contribution in [0.3, 0.4) is 0 Å². The Morgan fingerprint density at radius 1 is 1.17 bits per heavy atom. The van der Waals surface area contributed by atoms with Crippen molar-refractivity contribution >= 4 is 22.6 Å². The van der Waals surface area contributed by atoms with E-state index in [4.69, 9.17) is 5.84 Å². The summed E-state index contributed by atoms with van der Waals surface area (Å²) in [6, 6.07) is 12.3. The van der Waals surface area contributed by atoms with Crippen LogP contribution in [0.5, 0.6) is 0 Å². The first-order chi connectivity index (χ1) is 11.7. The van der Waals surface area contributed by atoms with Crippen LogP contribution in [-0.4, -0.2) is 27.8 Å². The second-order valence-electron chi connectivity index (χ2n) is 5.36. The summed E-state index contributed by atoms with van der Waals surface area (Å²) in [5.41, 5.74) is 3.20. The van der Waals surface area contributed by atoms with Crippen LogP contribution in [0.25, 0.3) is 10.8 Å². The number of hydrazine groups is 1. The molecule has 3 aromatic rings. The first kappa shape index (κ1) is 15.7. The molecular weight excluding hydrogens is 306 g/mol. The van der Waals surface area contributed by atoms with Crippen molar-refractivity contribution in [2.24, 2.45) is 5.84 Å². The van der Waals surface area contributed by atoms with E-state index in [9.17, 15) is 9.59 Å². The van der Waals surface area contributed by atoms with E-state index < -0.39 is 11.9 Å². The zero-order chi connectivity index (χ0) is 16.9. The first-order valence-corrected chi connectivity index (χ1v) is 7.45. The van der Waals surface area contributed by atoms with Crippen LogP contribution in [-0.2, 0) is 11.2 Å². The number of nitrogens with one attached hydrogen (secondary N) is 3. The third kappa shape index (κ3) is 3.41. The molecule has 1 aromatic heterocycles. The number of nitrogens with zero attached hydrogens (tertiary/aromatic N) is 1. The molecule has 2 aromatic carbocycles. The van der Waals surface area contributed by atoms with Gasteiger partial charge in [0.15, 0.2) is 0 Å². The monoisotopic (exact) mass is 323 g/mol. The van der Waals surface area contributed by atoms with Gasteiger partial charge < -0.3 is 10.3 Å². The van der Waals surface area contributed by atoms with Gasteiger partial charge in [-0.2, -0.15) is 0 Å². The normalized spacial score (nSPS) is 11.9. The Morgan fingerprint density at radius 2 is 1.96 bits per heavy atom. The molecule has 0 spiro atoms. The SMILES string of the molecule is NNC(=O)C(Cc1c[nH]cn1)NC(=O)c1ccc2ccccc2c1. The van der Waals surface area contributed by atoms with Crippen LogP contribution in [0.1, 0.15) is 16.1 Å². The number of aromatic nitrogens is 2. The minimum absolute atomic E-state index is 0.242. The van der Waals surface area contributed by atoms with Crippen molar-refractivity contribution in [2.75, 3.05) is 0 Å². The Morgan fingerprint density at radius 3 is 2.67 bits per heavy atom. The van der Waals surface area contributed by atoms with Gasteiger partial charge in [0.05, 0.1) is 12.0 Å². The fourth-order valence-electron chi connectivity index (χ4n) is 2.49. The van der Waals surface area contributed by atoms with E-state index in [-0.39, 0.29) is 12.3 Å². The Hall–Kier alpha value is -3.19. The maximum atomic E-state index is 12.5. The predicted molar refractivity (Wildman–Crippen MR) is 89.8 cm³/mol. The maximum Gasteiger partial charge on any atom is 0.256 e. The van der Waals surface area contributed by atoms with Crippen LogP contribution >= 0.6 is 0 Å². The molecule has 0 aliphatic heterocycles. The number of benzene rings is 2. The van der Waals surface area contributed by atoms with E-state index >= 15 is 0 Å². The summed E-state index contributed by atoms with van der Waals surface area (Å²) >= 11 is 0. The van der Waals surface area contributed by atoms with Crippen LogP contribution in [0.15, 0.2) is 55.0 Å². The zero-order valence-corrected chi connectivity index (χ0v) is 12.8. The van der Waals surface area contributed by atoms with Crippen molar-refractivity contribution < 1.29 is 9.59 Å². The summed E-state index contributed by atoms with van der Waals surface area (Å²) in [6.45, 7) is 0. The maximum absolute atomic E-state index is 12.5. The highest BCUT2D eigenvalue weighted by Gasteiger charge is 2.22. The van der Waals surface area contributed by atoms with Gasteiger partial charge in [0.2, 0.25) is 0 Å². The van der Waals surface area contributed by atoms with Gasteiger partial charge in [-0.15, -0.1) is 0 Å². The van der Waals surface area contributed by atoms with Crippen molar-refractivity contribution in [1.29, 1.82) is 0 Å². The van der Waals surface area contributed by atoms with Gasteiger partial charge in [0.25, 0.3) is 11.8 Å². The lowest BCUT2D eigenvalue weighted by Crippen LogP contribution is -2.50. The molecule has 1 unspecified atom stereocenters. The molecule has 0 fully saturated rings. The summed E-state index contributed by atoms with van der Waals surface area (Å²) < 4.78 is 0. The molecular formula is C17H17N5O2. The topological polar surface area (TPSA) is 113 Å². The molecule has 5 N–H and O–H groups in total. The number of carbonyl (C=O) groups is 2. The number of nitrogens with two attached hydrogens (primary N) is 1. The predicted octanol–water partition coefficient (Wildman–Crippen LogP) is 0.894. The van der Waals surface area contributed by atoms with Gasteiger partial charge in [-0.1, -0.05) is 30.3 Å². The van der Waals surface area contributed by atoms with Crippen LogP contribution in [0, 0.1) is 0 Å². The van der Waals surface area contributed by atoms with E-state index in [1.165, 1.54) is 6.33 Å². The highest BCUT2D eigenvalue weighted by molar-refractivity contribution is 6.00. The van der Waals surface area contributed by atoms with Crippen LogP contribution < -0.4 is 16.6 Å². The third-order valence-electron chi connectivity index (χ3n) is 3.74. The van der Waals surface area contributed by atoms with Gasteiger partial charge in [-0.25, -0.2) is 10.8 Å². The van der Waals surface area contributed by atoms with Gasteiger partial charge in [0, 0.05) is 18.2 Å². The summed E-state index contributed by atoms with van der Waals surface area (Å²) in [7, 11) is 0. The minimum Gasteiger partial charge on any atom is -0.351 e. The number of H-pyrrole nitrogens is 1. The van der Waals surface area contributed by atoms with Crippen LogP contribution in [0.2, 0.25) is 0 Å². The molecule has 24 heavy (non-hydrogen) atoms. The molecule has 0 bridgehead atoms. The smallest absolute Gasteiger partial charge is 0.256 e. The lowest BCUT2D eigenvalue weighted by atomic mass is 10.1. The molecule has 0 radical (unpaired) electrons. The minimum atomic E-state index is -0.808. The van der Waals surface area contributed by atoms with Crippen molar-refractivity contribution in [2.45, 2.75) is 12.5 Å². The number of hydrogen-bond donors (Lipinski definition) is 4. The Kier molecular flexibility index (Phi) is 4.53. The molecule has 0 aliphatic rings. The van der Waals surface area contributed by atoms with Gasteiger partial charge in [-0.3, -0.25) is 15.0 Å². The number of aromatic amines is 1. The van der Waals surface area contributed by atoms with E-state index in [2.05, 4.69) is 20.7 Å². The highest BCUT2D eigenvalue weighted by atomic mass is 16.2. The number of rotatable bonds is 5. The molecule has 0 saturated heterocycles. The standard InChI is InChI=1S/C17H17N5O2/c18-22-17(24)15(8-14-9-19-10-20-14)21-16(23)13-6-5-11-3-1-2-4-12(11)7-13/h1-7,9-10,15H,8,18H2,(H,19,20)(H,21,23)(H,22,24). The number of fused-ring (bicyclic) bond motifs is 1. The second kappa shape index (κ2) is 6.93. The summed E-state index contributed by atoms with van der Waals surface area (Å²) in [6.07, 6.45) is 3.42. The Labute approximate surface area is 138 Å². The lowest BCUT2D eigenvalue weighted by molar-refractivity contribution is -0.123. The molecule has 2 amide bonds. The first-order valence-electron chi connectivity index (χ1n) is 7.45. The van der Waals surface area contributed by atoms with Gasteiger partial charge in [-0.05, 0) is 22.9 Å². The second-order valence-corrected chi connectivity index (χ2v) is 5.36. The molecule has 0 saturated carbocycles. The summed E-state index contributed by atoms with van der Waals surface area (Å²) in [5, 5.41) is 4.70. The zero-order valence-electron chi connectivity index (χ0n) is 12.8. The molecule has 122 valence electrons. The average molecular weight is 323 g/mol. The number of amides is 2. The van der Waals surface area contributed by atoms with Crippen molar-refractivity contribution in [1.82, 2.24) is 20.7 Å². The van der Waals surface area contributed by atoms with E-state index in [0.717, 1.165) is 10.8 Å². The number of hydrogen-bond acceptors (Lipinski definition) is 4. The molecule has 1 heterocycles. The summed E-state index contributed by atoms with van der Waals surface area (Å²) in [5.74, 6) is 4.39. The molecule has 7 heteroatoms. The Balaban J connectivity index is 1.79. The summed E-state index contributed by atoms with van der Waals surface area (Å²) in [4.78, 5) is 31.3. The molecule has 7 nitrogen and oxygen atoms in total. The van der Waals surface area contributed by atoms with Gasteiger partial charge in [0.1, 0.15) is 6.04 Å². The molecule has 3 rings (SSSR count). The number of carbonyl (C=O) groups excluding carboxylic acids is 2. The van der Waals surface area contributed by atoms with E-state index in [0.29, 0.717) is 11.3 Å². The van der Waals surface area contributed by atoms with Crippen molar-refractivity contribution in [3.05, 3.63) is 66.2 Å². The quantitative estimate of drug-likeness (QED) is 0.317.